The molecule has 0 aliphatic rings. The Labute approximate surface area is 94.4 Å². The molecular formula is C10H16N4O2. The van der Waals surface area contributed by atoms with Crippen molar-refractivity contribution in [2.75, 3.05) is 31.4 Å². The van der Waals surface area contributed by atoms with E-state index in [9.17, 15) is 10.1 Å². The van der Waals surface area contributed by atoms with E-state index in [0.717, 1.165) is 0 Å². The molecule has 0 saturated carbocycles. The quantitative estimate of drug-likeness (QED) is 0.590. The summed E-state index contributed by atoms with van der Waals surface area (Å²) in [5.74, 6) is 0. The summed E-state index contributed by atoms with van der Waals surface area (Å²) in [5, 5.41) is 15.6. The number of nitro benzene ring substituents is 1. The second kappa shape index (κ2) is 5.32. The van der Waals surface area contributed by atoms with E-state index in [0.29, 0.717) is 17.9 Å². The maximum absolute atomic E-state index is 11.0. The van der Waals surface area contributed by atoms with E-state index in [1.165, 1.54) is 0 Å². The summed E-state index contributed by atoms with van der Waals surface area (Å²) >= 11 is 0. The van der Waals surface area contributed by atoms with Gasteiger partial charge in [-0.25, -0.2) is 5.01 Å². The van der Waals surface area contributed by atoms with Gasteiger partial charge in [-0.1, -0.05) is 6.07 Å². The molecule has 0 fully saturated rings. The van der Waals surface area contributed by atoms with E-state index in [1.807, 2.05) is 6.92 Å². The highest BCUT2D eigenvalue weighted by molar-refractivity contribution is 5.75. The number of hydrogen-bond donors (Lipinski definition) is 2. The van der Waals surface area contributed by atoms with Gasteiger partial charge in [0, 0.05) is 20.6 Å². The number of hydrogen-bond acceptors (Lipinski definition) is 5. The van der Waals surface area contributed by atoms with Crippen molar-refractivity contribution in [3.63, 3.8) is 0 Å². The number of para-hydroxylation sites is 1. The lowest BCUT2D eigenvalue weighted by Crippen LogP contribution is -2.20. The fraction of sp³-hybridized carbons (Fsp3) is 0.400. The predicted molar refractivity (Wildman–Crippen MR) is 64.6 cm³/mol. The van der Waals surface area contributed by atoms with Crippen LogP contribution < -0.4 is 10.7 Å². The first-order valence-corrected chi connectivity index (χ1v) is 5.01. The number of nitrogens with zero attached hydrogens (tertiary/aromatic N) is 2. The van der Waals surface area contributed by atoms with Gasteiger partial charge in [-0.05, 0) is 19.1 Å². The average Bonchev–Trinajstić information content (AvgIpc) is 2.16. The third kappa shape index (κ3) is 2.83. The van der Waals surface area contributed by atoms with Gasteiger partial charge in [0.25, 0.3) is 0 Å². The molecule has 0 unspecified atom stereocenters. The van der Waals surface area contributed by atoms with Crippen molar-refractivity contribution in [3.8, 4) is 0 Å². The molecule has 0 amide bonds. The lowest BCUT2D eigenvalue weighted by molar-refractivity contribution is -0.383. The fourth-order valence-electron chi connectivity index (χ4n) is 1.40. The Kier molecular flexibility index (Phi) is 4.07. The summed E-state index contributed by atoms with van der Waals surface area (Å²) in [4.78, 5) is 10.6. The molecule has 0 atom stereocenters. The van der Waals surface area contributed by atoms with Crippen LogP contribution in [0.3, 0.4) is 0 Å². The molecule has 1 aromatic rings. The van der Waals surface area contributed by atoms with Gasteiger partial charge in [-0.15, -0.1) is 0 Å². The van der Waals surface area contributed by atoms with Crippen LogP contribution in [0, 0.1) is 10.1 Å². The zero-order chi connectivity index (χ0) is 12.1. The Balaban J connectivity index is 3.16. The predicted octanol–water partition coefficient (Wildman–Crippen LogP) is 1.92. The zero-order valence-corrected chi connectivity index (χ0v) is 9.65. The topological polar surface area (TPSA) is 70.4 Å². The van der Waals surface area contributed by atoms with Crippen LogP contribution in [0.25, 0.3) is 0 Å². The third-order valence-corrected chi connectivity index (χ3v) is 1.93. The van der Waals surface area contributed by atoms with E-state index in [4.69, 9.17) is 0 Å². The minimum atomic E-state index is -0.385. The van der Waals surface area contributed by atoms with Crippen molar-refractivity contribution >= 4 is 17.1 Å². The maximum Gasteiger partial charge on any atom is 0.316 e. The summed E-state index contributed by atoms with van der Waals surface area (Å²) in [6.07, 6.45) is 0. The zero-order valence-electron chi connectivity index (χ0n) is 9.65. The molecule has 0 bridgehead atoms. The van der Waals surface area contributed by atoms with Gasteiger partial charge >= 0.3 is 5.69 Å². The molecule has 16 heavy (non-hydrogen) atoms. The van der Waals surface area contributed by atoms with Crippen molar-refractivity contribution in [1.29, 1.82) is 0 Å². The normalized spacial score (nSPS) is 10.2. The monoisotopic (exact) mass is 224 g/mol. The molecule has 0 aliphatic carbocycles. The van der Waals surface area contributed by atoms with E-state index in [2.05, 4.69) is 10.7 Å². The first kappa shape index (κ1) is 12.3. The van der Waals surface area contributed by atoms with Crippen LogP contribution in [-0.2, 0) is 0 Å². The molecule has 2 N–H and O–H groups in total. The molecule has 1 rings (SSSR count). The second-order valence-corrected chi connectivity index (χ2v) is 3.50. The van der Waals surface area contributed by atoms with Gasteiger partial charge in [0.1, 0.15) is 11.4 Å². The summed E-state index contributed by atoms with van der Waals surface area (Å²) in [6.45, 7) is 2.54. The molecule has 0 aliphatic heterocycles. The van der Waals surface area contributed by atoms with E-state index < -0.39 is 0 Å². The average molecular weight is 224 g/mol. The maximum atomic E-state index is 11.0. The summed E-state index contributed by atoms with van der Waals surface area (Å²) in [5.41, 5.74) is 3.98. The number of anilines is 2. The fourth-order valence-corrected chi connectivity index (χ4v) is 1.40. The number of nitro groups is 1. The molecule has 88 valence electrons. The van der Waals surface area contributed by atoms with Gasteiger partial charge in [0.05, 0.1) is 4.92 Å². The third-order valence-electron chi connectivity index (χ3n) is 1.93. The summed E-state index contributed by atoms with van der Waals surface area (Å²) in [6, 6.07) is 5.15. The van der Waals surface area contributed by atoms with Gasteiger partial charge in [0.15, 0.2) is 0 Å². The molecule has 0 radical (unpaired) electrons. The minimum absolute atomic E-state index is 0.0676. The van der Waals surface area contributed by atoms with Crippen LogP contribution in [0.15, 0.2) is 18.2 Å². The van der Waals surface area contributed by atoms with Crippen LogP contribution in [0.5, 0.6) is 0 Å². The molecule has 0 aromatic heterocycles. The first-order chi connectivity index (χ1) is 7.56. The lowest BCUT2D eigenvalue weighted by Gasteiger charge is -2.15. The van der Waals surface area contributed by atoms with Crippen molar-refractivity contribution in [3.05, 3.63) is 28.3 Å². The smallest absolute Gasteiger partial charge is 0.316 e. The van der Waals surface area contributed by atoms with Gasteiger partial charge in [-0.3, -0.25) is 10.1 Å². The van der Waals surface area contributed by atoms with Crippen molar-refractivity contribution in [2.24, 2.45) is 0 Å². The Bertz CT molecular complexity index is 379. The molecule has 1 aromatic carbocycles. The number of nitrogens with one attached hydrogen (secondary N) is 2. The van der Waals surface area contributed by atoms with Crippen LogP contribution in [-0.4, -0.2) is 30.6 Å². The molecule has 6 heteroatoms. The second-order valence-electron chi connectivity index (χ2n) is 3.50. The first-order valence-electron chi connectivity index (χ1n) is 5.01. The van der Waals surface area contributed by atoms with E-state index in [-0.39, 0.29) is 10.6 Å². The molecule has 0 spiro atoms. The van der Waals surface area contributed by atoms with Crippen LogP contribution in [0.1, 0.15) is 6.92 Å². The standard InChI is InChI=1S/C10H16N4O2/c1-4-11-8-6-5-7-9(12-13(2)3)10(8)14(15)16/h5-7,11-12H,4H2,1-3H3. The summed E-state index contributed by atoms with van der Waals surface area (Å²) < 4.78 is 0. The van der Waals surface area contributed by atoms with Gasteiger partial charge in [-0.2, -0.15) is 0 Å². The molecular weight excluding hydrogens is 208 g/mol. The lowest BCUT2D eigenvalue weighted by atomic mass is 10.2. The highest BCUT2D eigenvalue weighted by Gasteiger charge is 2.19. The number of hydrazine groups is 1. The van der Waals surface area contributed by atoms with Crippen molar-refractivity contribution < 1.29 is 4.92 Å². The molecule has 0 heterocycles. The van der Waals surface area contributed by atoms with Crippen molar-refractivity contribution in [1.82, 2.24) is 5.01 Å². The Morgan fingerprint density at radius 1 is 1.38 bits per heavy atom. The van der Waals surface area contributed by atoms with Crippen LogP contribution in [0.4, 0.5) is 17.1 Å². The van der Waals surface area contributed by atoms with Gasteiger partial charge < -0.3 is 10.7 Å². The Hall–Kier alpha value is -1.82. The number of benzene rings is 1. The Morgan fingerprint density at radius 2 is 2.00 bits per heavy atom. The Morgan fingerprint density at radius 3 is 2.50 bits per heavy atom. The number of rotatable bonds is 5. The van der Waals surface area contributed by atoms with E-state index in [1.54, 1.807) is 37.3 Å². The highest BCUT2D eigenvalue weighted by Crippen LogP contribution is 2.32. The minimum Gasteiger partial charge on any atom is -0.380 e. The molecule has 0 saturated heterocycles. The van der Waals surface area contributed by atoms with E-state index >= 15 is 0 Å². The largest absolute Gasteiger partial charge is 0.380 e. The van der Waals surface area contributed by atoms with Crippen molar-refractivity contribution in [2.45, 2.75) is 6.92 Å². The summed E-state index contributed by atoms with van der Waals surface area (Å²) in [7, 11) is 3.56. The highest BCUT2D eigenvalue weighted by atomic mass is 16.6. The van der Waals surface area contributed by atoms with Crippen LogP contribution >= 0.6 is 0 Å². The SMILES string of the molecule is CCNc1cccc(NN(C)C)c1[N+](=O)[O-]. The van der Waals surface area contributed by atoms with Gasteiger partial charge in [0.2, 0.25) is 0 Å². The molecule has 6 nitrogen and oxygen atoms in total. The van der Waals surface area contributed by atoms with Crippen LogP contribution in [0.2, 0.25) is 0 Å².